The third kappa shape index (κ3) is 4.65. The van der Waals surface area contributed by atoms with Gasteiger partial charge in [0.15, 0.2) is 0 Å². The predicted molar refractivity (Wildman–Crippen MR) is 114 cm³/mol. The van der Waals surface area contributed by atoms with Gasteiger partial charge in [-0.25, -0.2) is 9.59 Å². The minimum absolute atomic E-state index is 0.132. The van der Waals surface area contributed by atoms with E-state index < -0.39 is 5.54 Å². The van der Waals surface area contributed by atoms with Crippen LogP contribution in [-0.4, -0.2) is 58.8 Å². The molecule has 1 aromatic rings. The van der Waals surface area contributed by atoms with Gasteiger partial charge < -0.3 is 20.9 Å². The maximum absolute atomic E-state index is 12.6. The third-order valence-corrected chi connectivity index (χ3v) is 6.28. The van der Waals surface area contributed by atoms with E-state index in [1.54, 1.807) is 6.07 Å². The Balaban J connectivity index is 1.20. The molecule has 4 rings (SSSR count). The summed E-state index contributed by atoms with van der Waals surface area (Å²) in [4.78, 5) is 51.9. The highest BCUT2D eigenvalue weighted by Crippen LogP contribution is 2.35. The number of anilines is 1. The van der Waals surface area contributed by atoms with Crippen LogP contribution in [0.25, 0.3) is 0 Å². The van der Waals surface area contributed by atoms with Gasteiger partial charge in [-0.2, -0.15) is 0 Å². The molecule has 0 radical (unpaired) electrons. The molecule has 31 heavy (non-hydrogen) atoms. The van der Waals surface area contributed by atoms with Crippen molar-refractivity contribution in [3.63, 3.8) is 0 Å². The first kappa shape index (κ1) is 21.1. The Kier molecular flexibility index (Phi) is 6.11. The summed E-state index contributed by atoms with van der Waals surface area (Å²) < 4.78 is 0. The molecule has 9 heteroatoms. The van der Waals surface area contributed by atoms with Crippen molar-refractivity contribution in [3.05, 3.63) is 29.8 Å². The number of hydrogen-bond acceptors (Lipinski definition) is 4. The fourth-order valence-corrected chi connectivity index (χ4v) is 4.65. The molecule has 1 spiro atoms. The lowest BCUT2D eigenvalue weighted by molar-refractivity contribution is -0.131. The first-order valence-corrected chi connectivity index (χ1v) is 11.0. The van der Waals surface area contributed by atoms with Crippen LogP contribution in [0.2, 0.25) is 0 Å². The van der Waals surface area contributed by atoms with Gasteiger partial charge in [-0.3, -0.25) is 14.5 Å². The molecule has 3 N–H and O–H groups in total. The third-order valence-electron chi connectivity index (χ3n) is 6.28. The number of benzene rings is 1. The van der Waals surface area contributed by atoms with Crippen LogP contribution in [0.1, 0.15) is 50.5 Å². The van der Waals surface area contributed by atoms with Crippen LogP contribution in [0.3, 0.4) is 0 Å². The smallest absolute Gasteiger partial charge is 0.325 e. The maximum atomic E-state index is 12.6. The van der Waals surface area contributed by atoms with E-state index in [9.17, 15) is 19.2 Å². The van der Waals surface area contributed by atoms with Gasteiger partial charge in [0.2, 0.25) is 5.91 Å². The van der Waals surface area contributed by atoms with Crippen LogP contribution < -0.4 is 16.0 Å². The van der Waals surface area contributed by atoms with Gasteiger partial charge >= 0.3 is 12.1 Å². The average molecular weight is 428 g/mol. The number of carbonyl (C=O) groups is 4. The molecule has 0 atom stereocenters. The Morgan fingerprint density at radius 1 is 1.13 bits per heavy atom. The van der Waals surface area contributed by atoms with Crippen molar-refractivity contribution < 1.29 is 19.2 Å². The van der Waals surface area contributed by atoms with E-state index in [-0.39, 0.29) is 30.4 Å². The molecule has 2 heterocycles. The normalized spacial score (nSPS) is 19.9. The van der Waals surface area contributed by atoms with Crippen molar-refractivity contribution in [2.45, 2.75) is 57.0 Å². The molecule has 1 saturated carbocycles. The number of amides is 6. The Hall–Kier alpha value is -3.10. The number of imide groups is 1. The molecule has 2 saturated heterocycles. The number of likely N-dealkylation sites (tertiary alicyclic amines) is 1. The molecule has 1 aliphatic carbocycles. The van der Waals surface area contributed by atoms with Crippen molar-refractivity contribution >= 4 is 29.6 Å². The topological polar surface area (TPSA) is 111 Å². The molecule has 0 unspecified atom stereocenters. The molecule has 6 amide bonds. The molecule has 9 nitrogen and oxygen atoms in total. The summed E-state index contributed by atoms with van der Waals surface area (Å²) in [6.45, 7) is 1.95. The number of nitrogens with zero attached hydrogens (tertiary/aromatic N) is 2. The second kappa shape index (κ2) is 8.95. The van der Waals surface area contributed by atoms with E-state index in [2.05, 4.69) is 16.0 Å². The van der Waals surface area contributed by atoms with Crippen molar-refractivity contribution in [1.29, 1.82) is 0 Å². The van der Waals surface area contributed by atoms with Gasteiger partial charge in [-0.1, -0.05) is 25.0 Å². The van der Waals surface area contributed by atoms with E-state index in [4.69, 9.17) is 0 Å². The zero-order chi connectivity index (χ0) is 21.8. The molecule has 3 fully saturated rings. The fourth-order valence-electron chi connectivity index (χ4n) is 4.65. The number of urea groups is 2. The van der Waals surface area contributed by atoms with Crippen LogP contribution in [0.5, 0.6) is 0 Å². The summed E-state index contributed by atoms with van der Waals surface area (Å²) in [6, 6.07) is 6.76. The highest BCUT2D eigenvalue weighted by Gasteiger charge is 2.51. The molecular weight excluding hydrogens is 398 g/mol. The van der Waals surface area contributed by atoms with E-state index in [1.807, 2.05) is 23.1 Å². The number of carbonyl (C=O) groups excluding carboxylic acids is 4. The van der Waals surface area contributed by atoms with Gasteiger partial charge in [0.05, 0.1) is 0 Å². The average Bonchev–Trinajstić information content (AvgIpc) is 3.43. The lowest BCUT2D eigenvalue weighted by Crippen LogP contribution is -2.44. The van der Waals surface area contributed by atoms with E-state index in [0.29, 0.717) is 44.5 Å². The Bertz CT molecular complexity index is 880. The largest absolute Gasteiger partial charge is 0.338 e. The Morgan fingerprint density at radius 2 is 1.94 bits per heavy atom. The predicted octanol–water partition coefficient (Wildman–Crippen LogP) is 2.19. The van der Waals surface area contributed by atoms with Crippen LogP contribution in [0, 0.1) is 0 Å². The van der Waals surface area contributed by atoms with E-state index in [0.717, 1.165) is 31.4 Å². The summed E-state index contributed by atoms with van der Waals surface area (Å²) in [5, 5.41) is 8.41. The summed E-state index contributed by atoms with van der Waals surface area (Å²) in [6.07, 6.45) is 5.31. The first-order chi connectivity index (χ1) is 15.0. The molecule has 166 valence electrons. The first-order valence-electron chi connectivity index (χ1n) is 11.0. The molecule has 3 aliphatic rings. The minimum Gasteiger partial charge on any atom is -0.338 e. The highest BCUT2D eigenvalue weighted by molar-refractivity contribution is 6.07. The van der Waals surface area contributed by atoms with Gasteiger partial charge in [0.1, 0.15) is 5.54 Å². The fraction of sp³-hybridized carbons (Fsp3) is 0.545. The lowest BCUT2D eigenvalue weighted by Gasteiger charge is -2.20. The monoisotopic (exact) mass is 427 g/mol. The second-order valence-electron chi connectivity index (χ2n) is 8.53. The molecule has 2 aliphatic heterocycles. The summed E-state index contributed by atoms with van der Waals surface area (Å²) in [5.74, 6) is 0.0351. The van der Waals surface area contributed by atoms with E-state index in [1.165, 1.54) is 4.90 Å². The zero-order valence-electron chi connectivity index (χ0n) is 17.6. The van der Waals surface area contributed by atoms with Crippen LogP contribution in [-0.2, 0) is 16.1 Å². The van der Waals surface area contributed by atoms with Gasteiger partial charge in [0.25, 0.3) is 5.91 Å². The lowest BCUT2D eigenvalue weighted by atomic mass is 9.98. The second-order valence-corrected chi connectivity index (χ2v) is 8.53. The molecule has 1 aromatic carbocycles. The molecular formula is C22H29N5O4. The SMILES string of the molecule is O=C(NCCCN1C(=O)NC2(CCCC2)C1=O)Nc1cccc(CN2CCCC2=O)c1. The summed E-state index contributed by atoms with van der Waals surface area (Å²) >= 11 is 0. The van der Waals surface area contributed by atoms with Crippen molar-refractivity contribution in [3.8, 4) is 0 Å². The van der Waals surface area contributed by atoms with Gasteiger partial charge in [-0.05, 0) is 43.4 Å². The Labute approximate surface area is 181 Å². The van der Waals surface area contributed by atoms with Crippen LogP contribution in [0.15, 0.2) is 24.3 Å². The minimum atomic E-state index is -0.688. The van der Waals surface area contributed by atoms with Crippen molar-refractivity contribution in [2.75, 3.05) is 25.0 Å². The van der Waals surface area contributed by atoms with Crippen LogP contribution in [0.4, 0.5) is 15.3 Å². The Morgan fingerprint density at radius 3 is 2.68 bits per heavy atom. The molecule has 0 aromatic heterocycles. The number of rotatable bonds is 7. The number of nitrogens with one attached hydrogen (secondary N) is 3. The molecule has 0 bridgehead atoms. The van der Waals surface area contributed by atoms with Crippen molar-refractivity contribution in [1.82, 2.24) is 20.4 Å². The van der Waals surface area contributed by atoms with E-state index >= 15 is 0 Å². The maximum Gasteiger partial charge on any atom is 0.325 e. The summed E-state index contributed by atoms with van der Waals surface area (Å²) in [7, 11) is 0. The standard InChI is InChI=1S/C22H29N5O4/c28-18-8-4-12-26(18)15-16-6-3-7-17(14-16)24-20(30)23-11-5-13-27-19(29)22(25-21(27)31)9-1-2-10-22/h3,6-7,14H,1-2,4-5,8-13,15H2,(H,25,31)(H2,23,24,30). The highest BCUT2D eigenvalue weighted by atomic mass is 16.2. The van der Waals surface area contributed by atoms with Crippen molar-refractivity contribution in [2.24, 2.45) is 0 Å². The van der Waals surface area contributed by atoms with Gasteiger partial charge in [-0.15, -0.1) is 0 Å². The number of hydrogen-bond donors (Lipinski definition) is 3. The van der Waals surface area contributed by atoms with Crippen LogP contribution >= 0.6 is 0 Å². The zero-order valence-corrected chi connectivity index (χ0v) is 17.6. The van der Waals surface area contributed by atoms with Gasteiger partial charge in [0, 0.05) is 38.3 Å². The summed E-state index contributed by atoms with van der Waals surface area (Å²) in [5.41, 5.74) is 0.929. The quantitative estimate of drug-likeness (QED) is 0.457.